The first-order chi connectivity index (χ1) is 10.1. The van der Waals surface area contributed by atoms with Crippen LogP contribution in [-0.2, 0) is 20.0 Å². The van der Waals surface area contributed by atoms with Crippen LogP contribution in [0.5, 0.6) is 0 Å². The highest BCUT2D eigenvalue weighted by atomic mass is 19.1. The number of halogens is 2. The van der Waals surface area contributed by atoms with E-state index >= 15 is 0 Å². The van der Waals surface area contributed by atoms with Crippen LogP contribution in [0.2, 0.25) is 0 Å². The van der Waals surface area contributed by atoms with Crippen molar-refractivity contribution in [2.24, 2.45) is 13.0 Å². The van der Waals surface area contributed by atoms with E-state index < -0.39 is 11.6 Å². The van der Waals surface area contributed by atoms with E-state index in [1.807, 2.05) is 19.4 Å². The van der Waals surface area contributed by atoms with Crippen molar-refractivity contribution in [2.75, 3.05) is 13.1 Å². The third kappa shape index (κ3) is 3.29. The van der Waals surface area contributed by atoms with Crippen molar-refractivity contribution in [2.45, 2.75) is 19.4 Å². The molecule has 3 rings (SSSR count). The number of nitrogens with zero attached hydrogens (tertiary/aromatic N) is 3. The van der Waals surface area contributed by atoms with E-state index in [2.05, 4.69) is 10.00 Å². The molecule has 1 aliphatic heterocycles. The van der Waals surface area contributed by atoms with Gasteiger partial charge in [-0.2, -0.15) is 5.10 Å². The molecule has 1 atom stereocenters. The van der Waals surface area contributed by atoms with Gasteiger partial charge >= 0.3 is 0 Å². The number of aromatic nitrogens is 2. The lowest BCUT2D eigenvalue weighted by Gasteiger charge is -2.16. The minimum atomic E-state index is -0.453. The molecular weight excluding hydrogens is 272 g/mol. The minimum Gasteiger partial charge on any atom is -0.299 e. The number of benzene rings is 1. The zero-order valence-corrected chi connectivity index (χ0v) is 12.1. The first-order valence-corrected chi connectivity index (χ1v) is 7.24. The molecule has 1 aromatic carbocycles. The summed E-state index contributed by atoms with van der Waals surface area (Å²) in [6, 6.07) is 4.05. The number of likely N-dealkylation sites (tertiary alicyclic amines) is 1. The van der Waals surface area contributed by atoms with Crippen LogP contribution in [0.25, 0.3) is 0 Å². The van der Waals surface area contributed by atoms with Crippen molar-refractivity contribution in [3.8, 4) is 0 Å². The SMILES string of the molecule is Cn1cc(C[C@H]2CCN(Cc3c(F)cccc3F)C2)cn1. The van der Waals surface area contributed by atoms with Crippen molar-refractivity contribution in [1.82, 2.24) is 14.7 Å². The molecule has 3 nitrogen and oxygen atoms in total. The van der Waals surface area contributed by atoms with E-state index in [1.54, 1.807) is 4.68 Å². The van der Waals surface area contributed by atoms with E-state index in [-0.39, 0.29) is 5.56 Å². The van der Waals surface area contributed by atoms with Crippen LogP contribution in [0.15, 0.2) is 30.6 Å². The van der Waals surface area contributed by atoms with Gasteiger partial charge in [-0.05, 0) is 43.0 Å². The van der Waals surface area contributed by atoms with Crippen LogP contribution >= 0.6 is 0 Å². The maximum Gasteiger partial charge on any atom is 0.130 e. The topological polar surface area (TPSA) is 21.1 Å². The third-order valence-corrected chi connectivity index (χ3v) is 4.10. The molecule has 0 radical (unpaired) electrons. The molecule has 0 unspecified atom stereocenters. The Morgan fingerprint density at radius 2 is 2.05 bits per heavy atom. The fourth-order valence-electron chi connectivity index (χ4n) is 3.04. The van der Waals surface area contributed by atoms with Crippen LogP contribution in [0.1, 0.15) is 17.5 Å². The van der Waals surface area contributed by atoms with E-state index in [9.17, 15) is 8.78 Å². The lowest BCUT2D eigenvalue weighted by molar-refractivity contribution is 0.305. The predicted octanol–water partition coefficient (Wildman–Crippen LogP) is 2.76. The molecule has 0 N–H and O–H groups in total. The average Bonchev–Trinajstić information content (AvgIpc) is 3.04. The third-order valence-electron chi connectivity index (χ3n) is 4.10. The molecular formula is C16H19F2N3. The molecule has 21 heavy (non-hydrogen) atoms. The Labute approximate surface area is 123 Å². The number of hydrogen-bond acceptors (Lipinski definition) is 2. The Morgan fingerprint density at radius 3 is 2.71 bits per heavy atom. The van der Waals surface area contributed by atoms with Gasteiger partial charge in [0.05, 0.1) is 6.20 Å². The largest absolute Gasteiger partial charge is 0.299 e. The molecule has 1 aromatic heterocycles. The molecule has 2 heterocycles. The van der Waals surface area contributed by atoms with Gasteiger partial charge in [-0.25, -0.2) is 8.78 Å². The highest BCUT2D eigenvalue weighted by Crippen LogP contribution is 2.24. The van der Waals surface area contributed by atoms with Gasteiger partial charge in [-0.1, -0.05) is 6.07 Å². The molecule has 0 aliphatic carbocycles. The normalized spacial score (nSPS) is 19.3. The van der Waals surface area contributed by atoms with Crippen molar-refractivity contribution in [1.29, 1.82) is 0 Å². The monoisotopic (exact) mass is 291 g/mol. The zero-order valence-electron chi connectivity index (χ0n) is 12.1. The second-order valence-corrected chi connectivity index (χ2v) is 5.82. The summed E-state index contributed by atoms with van der Waals surface area (Å²) in [5.41, 5.74) is 1.40. The summed E-state index contributed by atoms with van der Waals surface area (Å²) >= 11 is 0. The number of hydrogen-bond donors (Lipinski definition) is 0. The molecule has 1 aliphatic rings. The summed E-state index contributed by atoms with van der Waals surface area (Å²) in [5.74, 6) is -0.375. The highest BCUT2D eigenvalue weighted by Gasteiger charge is 2.24. The van der Waals surface area contributed by atoms with Gasteiger partial charge in [0, 0.05) is 31.9 Å². The maximum absolute atomic E-state index is 13.7. The molecule has 1 fully saturated rings. The molecule has 0 saturated carbocycles. The second-order valence-electron chi connectivity index (χ2n) is 5.82. The summed E-state index contributed by atoms with van der Waals surface area (Å²) in [6.45, 7) is 2.11. The van der Waals surface area contributed by atoms with Gasteiger partial charge in [-0.3, -0.25) is 9.58 Å². The molecule has 0 bridgehead atoms. The van der Waals surface area contributed by atoms with Crippen LogP contribution in [-0.4, -0.2) is 27.8 Å². The van der Waals surface area contributed by atoms with Crippen molar-refractivity contribution < 1.29 is 8.78 Å². The average molecular weight is 291 g/mol. The highest BCUT2D eigenvalue weighted by molar-refractivity contribution is 5.19. The maximum atomic E-state index is 13.7. The van der Waals surface area contributed by atoms with Gasteiger partial charge in [0.2, 0.25) is 0 Å². The lowest BCUT2D eigenvalue weighted by Crippen LogP contribution is -2.22. The van der Waals surface area contributed by atoms with Gasteiger partial charge in [0.25, 0.3) is 0 Å². The fourth-order valence-corrected chi connectivity index (χ4v) is 3.04. The molecule has 5 heteroatoms. The Bertz CT molecular complexity index is 603. The Morgan fingerprint density at radius 1 is 1.29 bits per heavy atom. The smallest absolute Gasteiger partial charge is 0.130 e. The van der Waals surface area contributed by atoms with Crippen molar-refractivity contribution in [3.63, 3.8) is 0 Å². The predicted molar refractivity (Wildman–Crippen MR) is 76.7 cm³/mol. The van der Waals surface area contributed by atoms with E-state index in [1.165, 1.54) is 23.8 Å². The fraction of sp³-hybridized carbons (Fsp3) is 0.438. The van der Waals surface area contributed by atoms with Crippen LogP contribution in [0, 0.1) is 17.6 Å². The number of aryl methyl sites for hydroxylation is 1. The summed E-state index contributed by atoms with van der Waals surface area (Å²) in [7, 11) is 1.91. The quantitative estimate of drug-likeness (QED) is 0.863. The van der Waals surface area contributed by atoms with Crippen molar-refractivity contribution >= 4 is 0 Å². The van der Waals surface area contributed by atoms with Gasteiger partial charge in [0.1, 0.15) is 11.6 Å². The molecule has 2 aromatic rings. The molecule has 112 valence electrons. The van der Waals surface area contributed by atoms with Crippen LogP contribution < -0.4 is 0 Å². The standard InChI is InChI=1S/C16H19F2N3/c1-20-9-13(8-19-20)7-12-5-6-21(10-12)11-14-15(17)3-2-4-16(14)18/h2-4,8-9,12H,5-7,10-11H2,1H3/t12-/m1/s1. The zero-order chi connectivity index (χ0) is 14.8. The van der Waals surface area contributed by atoms with Crippen molar-refractivity contribution in [3.05, 3.63) is 53.4 Å². The number of rotatable bonds is 4. The van der Waals surface area contributed by atoms with Gasteiger partial charge in [-0.15, -0.1) is 0 Å². The minimum absolute atomic E-state index is 0.180. The Balaban J connectivity index is 1.60. The first-order valence-electron chi connectivity index (χ1n) is 7.24. The first kappa shape index (κ1) is 14.2. The van der Waals surface area contributed by atoms with Crippen LogP contribution in [0.3, 0.4) is 0 Å². The Kier molecular flexibility index (Phi) is 4.01. The summed E-state index contributed by atoms with van der Waals surface area (Å²) in [4.78, 5) is 2.13. The summed E-state index contributed by atoms with van der Waals surface area (Å²) in [6.07, 6.45) is 5.95. The molecule has 0 amide bonds. The van der Waals surface area contributed by atoms with Crippen LogP contribution in [0.4, 0.5) is 8.78 Å². The van der Waals surface area contributed by atoms with E-state index in [4.69, 9.17) is 0 Å². The summed E-state index contributed by atoms with van der Waals surface area (Å²) in [5, 5.41) is 4.17. The summed E-state index contributed by atoms with van der Waals surface area (Å²) < 4.78 is 29.1. The van der Waals surface area contributed by atoms with Gasteiger partial charge in [0.15, 0.2) is 0 Å². The van der Waals surface area contributed by atoms with E-state index in [0.29, 0.717) is 12.5 Å². The van der Waals surface area contributed by atoms with E-state index in [0.717, 1.165) is 25.9 Å². The van der Waals surface area contributed by atoms with Gasteiger partial charge < -0.3 is 0 Å². The molecule has 1 saturated heterocycles. The lowest BCUT2D eigenvalue weighted by atomic mass is 10.0. The molecule has 0 spiro atoms. The Hall–Kier alpha value is -1.75. The second kappa shape index (κ2) is 5.93.